The van der Waals surface area contributed by atoms with Crippen molar-refractivity contribution in [3.05, 3.63) is 0 Å². The van der Waals surface area contributed by atoms with Crippen LogP contribution in [-0.2, 0) is 4.74 Å². The van der Waals surface area contributed by atoms with Crippen molar-refractivity contribution in [1.82, 2.24) is 0 Å². The molecule has 4 fully saturated rings. The third-order valence-corrected chi connectivity index (χ3v) is 9.19. The summed E-state index contributed by atoms with van der Waals surface area (Å²) >= 11 is 0. The molecule has 0 aromatic rings. The summed E-state index contributed by atoms with van der Waals surface area (Å²) in [5.41, 5.74) is -0.0757. The third-order valence-electron chi connectivity index (χ3n) is 9.19. The molecule has 0 bridgehead atoms. The molecule has 0 spiro atoms. The van der Waals surface area contributed by atoms with Crippen LogP contribution in [0.1, 0.15) is 71.1 Å². The summed E-state index contributed by atoms with van der Waals surface area (Å²) in [5, 5.41) is 20.3. The summed E-state index contributed by atoms with van der Waals surface area (Å²) in [4.78, 5) is 0. The summed E-state index contributed by atoms with van der Waals surface area (Å²) < 4.78 is 5.31. The minimum absolute atomic E-state index is 0.365. The molecular weight excluding hydrogens is 312 g/mol. The monoisotopic (exact) mass is 350 g/mol. The average molecular weight is 351 g/mol. The molecule has 0 aliphatic heterocycles. The lowest BCUT2D eigenvalue weighted by molar-refractivity contribution is -0.124. The van der Waals surface area contributed by atoms with E-state index in [0.717, 1.165) is 48.9 Å². The highest BCUT2D eigenvalue weighted by Gasteiger charge is 2.57. The number of fused-ring (bicyclic) bond motifs is 5. The smallest absolute Gasteiger partial charge is 0.0882 e. The lowest BCUT2D eigenvalue weighted by atomic mass is 9.49. The summed E-state index contributed by atoms with van der Waals surface area (Å²) in [7, 11) is 1.71. The molecule has 2 N–H and O–H groups in total. The Labute approximate surface area is 153 Å². The van der Waals surface area contributed by atoms with Crippen LogP contribution in [0.5, 0.6) is 0 Å². The van der Waals surface area contributed by atoms with Gasteiger partial charge in [-0.15, -0.1) is 0 Å². The van der Waals surface area contributed by atoms with Crippen molar-refractivity contribution in [3.8, 4) is 0 Å². The van der Waals surface area contributed by atoms with Crippen molar-refractivity contribution in [2.24, 2.45) is 40.9 Å². The molecule has 3 heteroatoms. The van der Waals surface area contributed by atoms with E-state index in [1.807, 2.05) is 0 Å². The maximum absolute atomic E-state index is 10.8. The van der Waals surface area contributed by atoms with Crippen molar-refractivity contribution in [2.45, 2.75) is 76.7 Å². The van der Waals surface area contributed by atoms with Gasteiger partial charge in [-0.1, -0.05) is 6.92 Å². The zero-order chi connectivity index (χ0) is 17.7. The Hall–Kier alpha value is -0.120. The summed E-state index contributed by atoms with van der Waals surface area (Å²) in [5.74, 6) is 5.02. The van der Waals surface area contributed by atoms with Gasteiger partial charge in [0, 0.05) is 13.7 Å². The molecule has 0 saturated heterocycles. The fourth-order valence-corrected chi connectivity index (χ4v) is 8.10. The number of aliphatic hydroxyl groups excluding tert-OH is 1. The largest absolute Gasteiger partial charge is 0.396 e. The summed E-state index contributed by atoms with van der Waals surface area (Å²) in [6.45, 7) is 3.42. The standard InChI is InChI=1S/C22H38O3/c1-21-10-7-18-17-8-11-22(24,14-25-2)13-15(17)3-5-19(18)20(21)6-4-16(21)9-12-23/h15-20,23-24H,3-14H2,1-2H3/t15-,16-,17+,18-,19-,20+,21-,22-/m1/s1. The van der Waals surface area contributed by atoms with Crippen LogP contribution in [0, 0.1) is 40.9 Å². The molecule has 4 aliphatic rings. The van der Waals surface area contributed by atoms with Crippen LogP contribution in [0.4, 0.5) is 0 Å². The molecule has 0 aromatic heterocycles. The van der Waals surface area contributed by atoms with E-state index in [1.165, 1.54) is 44.9 Å². The summed E-state index contributed by atoms with van der Waals surface area (Å²) in [6, 6.07) is 0. The van der Waals surface area contributed by atoms with Crippen LogP contribution in [0.25, 0.3) is 0 Å². The maximum atomic E-state index is 10.8. The van der Waals surface area contributed by atoms with Crippen LogP contribution in [0.15, 0.2) is 0 Å². The molecule has 25 heavy (non-hydrogen) atoms. The minimum atomic E-state index is -0.564. The number of hydrogen-bond donors (Lipinski definition) is 2. The first-order valence-electron chi connectivity index (χ1n) is 10.8. The summed E-state index contributed by atoms with van der Waals surface area (Å²) in [6.07, 6.45) is 12.3. The van der Waals surface area contributed by atoms with E-state index in [9.17, 15) is 10.2 Å². The Morgan fingerprint density at radius 1 is 0.960 bits per heavy atom. The number of hydrogen-bond acceptors (Lipinski definition) is 3. The van der Waals surface area contributed by atoms with Gasteiger partial charge in [0.1, 0.15) is 0 Å². The third kappa shape index (κ3) is 2.99. The zero-order valence-corrected chi connectivity index (χ0v) is 16.3. The van der Waals surface area contributed by atoms with Crippen LogP contribution < -0.4 is 0 Å². The number of aliphatic hydroxyl groups is 2. The Bertz CT molecular complexity index is 480. The van der Waals surface area contributed by atoms with Gasteiger partial charge in [0.05, 0.1) is 12.2 Å². The van der Waals surface area contributed by atoms with Gasteiger partial charge in [-0.2, -0.15) is 0 Å². The predicted octanol–water partition coefficient (Wildman–Crippen LogP) is 4.02. The van der Waals surface area contributed by atoms with Crippen LogP contribution in [-0.4, -0.2) is 36.1 Å². The van der Waals surface area contributed by atoms with Crippen molar-refractivity contribution in [1.29, 1.82) is 0 Å². The topological polar surface area (TPSA) is 49.7 Å². The molecule has 4 saturated carbocycles. The van der Waals surface area contributed by atoms with Crippen LogP contribution >= 0.6 is 0 Å². The molecular formula is C22H38O3. The molecule has 0 aromatic carbocycles. The lowest BCUT2D eigenvalue weighted by Crippen LogP contribution is -2.51. The first-order chi connectivity index (χ1) is 12.0. The van der Waals surface area contributed by atoms with Crippen LogP contribution in [0.2, 0.25) is 0 Å². The fourth-order valence-electron chi connectivity index (χ4n) is 8.10. The number of rotatable bonds is 4. The molecule has 4 rings (SSSR count). The lowest BCUT2D eigenvalue weighted by Gasteiger charge is -2.57. The van der Waals surface area contributed by atoms with E-state index in [-0.39, 0.29) is 0 Å². The Balaban J connectivity index is 1.48. The van der Waals surface area contributed by atoms with Gasteiger partial charge in [-0.3, -0.25) is 0 Å². The van der Waals surface area contributed by atoms with Crippen LogP contribution in [0.3, 0.4) is 0 Å². The Kier molecular flexibility index (Phi) is 4.96. The quantitative estimate of drug-likeness (QED) is 0.805. The first kappa shape index (κ1) is 18.3. The molecule has 8 atom stereocenters. The van der Waals surface area contributed by atoms with Crippen molar-refractivity contribution < 1.29 is 14.9 Å². The van der Waals surface area contributed by atoms with Gasteiger partial charge < -0.3 is 14.9 Å². The van der Waals surface area contributed by atoms with Gasteiger partial charge in [-0.05, 0) is 105 Å². The highest BCUT2D eigenvalue weighted by Crippen LogP contribution is 2.65. The van der Waals surface area contributed by atoms with E-state index in [2.05, 4.69) is 6.92 Å². The number of ether oxygens (including phenoxy) is 1. The molecule has 144 valence electrons. The van der Waals surface area contributed by atoms with Crippen molar-refractivity contribution >= 4 is 0 Å². The van der Waals surface area contributed by atoms with Crippen molar-refractivity contribution in [3.63, 3.8) is 0 Å². The van der Waals surface area contributed by atoms with Gasteiger partial charge >= 0.3 is 0 Å². The first-order valence-corrected chi connectivity index (χ1v) is 10.8. The molecule has 0 unspecified atom stereocenters. The Morgan fingerprint density at radius 2 is 1.76 bits per heavy atom. The minimum Gasteiger partial charge on any atom is -0.396 e. The van der Waals surface area contributed by atoms with E-state index >= 15 is 0 Å². The SMILES string of the molecule is COC[C@@]1(O)CC[C@H]2[C@H](CC[C@@H]3[C@@H]2CC[C@]2(C)[C@@H](CCO)CC[C@@H]32)C1. The van der Waals surface area contributed by atoms with E-state index in [4.69, 9.17) is 4.74 Å². The molecule has 3 nitrogen and oxygen atoms in total. The second-order valence-electron chi connectivity index (χ2n) is 10.2. The van der Waals surface area contributed by atoms with Gasteiger partial charge in [0.2, 0.25) is 0 Å². The highest BCUT2D eigenvalue weighted by atomic mass is 16.5. The van der Waals surface area contributed by atoms with Gasteiger partial charge in [-0.25, -0.2) is 0 Å². The average Bonchev–Trinajstić information content (AvgIpc) is 2.91. The highest BCUT2D eigenvalue weighted by molar-refractivity contribution is 5.07. The number of methoxy groups -OCH3 is 1. The molecule has 4 aliphatic carbocycles. The molecule has 0 heterocycles. The second kappa shape index (κ2) is 6.80. The predicted molar refractivity (Wildman–Crippen MR) is 99.1 cm³/mol. The normalized spacial score (nSPS) is 52.3. The maximum Gasteiger partial charge on any atom is 0.0882 e. The zero-order valence-electron chi connectivity index (χ0n) is 16.3. The van der Waals surface area contributed by atoms with Gasteiger partial charge in [0.15, 0.2) is 0 Å². The Morgan fingerprint density at radius 3 is 2.52 bits per heavy atom. The van der Waals surface area contributed by atoms with E-state index in [0.29, 0.717) is 24.5 Å². The molecule has 0 radical (unpaired) electrons. The second-order valence-corrected chi connectivity index (χ2v) is 10.2. The molecule has 0 amide bonds. The van der Waals surface area contributed by atoms with Crippen molar-refractivity contribution in [2.75, 3.05) is 20.3 Å². The van der Waals surface area contributed by atoms with E-state index < -0.39 is 5.60 Å². The van der Waals surface area contributed by atoms with Gasteiger partial charge in [0.25, 0.3) is 0 Å². The fraction of sp³-hybridized carbons (Fsp3) is 1.00. The van der Waals surface area contributed by atoms with E-state index in [1.54, 1.807) is 7.11 Å².